The first kappa shape index (κ1) is 20.6. The molecule has 0 atom stereocenters. The van der Waals surface area contributed by atoms with Gasteiger partial charge in [0.25, 0.3) is 5.91 Å². The molecule has 1 saturated heterocycles. The molecule has 1 fully saturated rings. The second kappa shape index (κ2) is 9.45. The van der Waals surface area contributed by atoms with E-state index >= 15 is 0 Å². The number of likely N-dealkylation sites (tertiary alicyclic amines) is 1. The molecule has 1 aromatic heterocycles. The molecule has 0 radical (unpaired) electrons. The number of piperidine rings is 1. The summed E-state index contributed by atoms with van der Waals surface area (Å²) in [4.78, 5) is 14.5. The van der Waals surface area contributed by atoms with Crippen molar-refractivity contribution in [3.8, 4) is 11.3 Å². The molecule has 2 N–H and O–H groups in total. The first-order valence-corrected chi connectivity index (χ1v) is 10.9. The Bertz CT molecular complexity index is 1010. The van der Waals surface area contributed by atoms with Gasteiger partial charge in [-0.1, -0.05) is 59.2 Å². The van der Waals surface area contributed by atoms with Gasteiger partial charge in [0.2, 0.25) is 0 Å². The molecule has 1 amide bonds. The predicted molar refractivity (Wildman–Crippen MR) is 118 cm³/mol. The molecule has 4 rings (SSSR count). The average Bonchev–Trinajstić information content (AvgIpc) is 3.15. The molecular weight excluding hydrogens is 398 g/mol. The maximum absolute atomic E-state index is 12.9. The lowest BCUT2D eigenvalue weighted by Crippen LogP contribution is -3.11. The summed E-state index contributed by atoms with van der Waals surface area (Å²) >= 11 is 6.29. The van der Waals surface area contributed by atoms with Crippen molar-refractivity contribution in [3.63, 3.8) is 0 Å². The Kier molecular flexibility index (Phi) is 6.50. The number of nitrogens with zero attached hydrogens (tertiary/aromatic N) is 1. The van der Waals surface area contributed by atoms with Crippen LogP contribution in [-0.4, -0.2) is 24.2 Å². The van der Waals surface area contributed by atoms with E-state index in [1.807, 2.05) is 18.2 Å². The van der Waals surface area contributed by atoms with Gasteiger partial charge in [-0.15, -0.1) is 0 Å². The van der Waals surface area contributed by atoms with Crippen LogP contribution in [0.3, 0.4) is 0 Å². The molecule has 3 aromatic rings. The third-order valence-electron chi connectivity index (χ3n) is 5.71. The summed E-state index contributed by atoms with van der Waals surface area (Å²) in [5, 5.41) is 7.59. The molecule has 2 aromatic carbocycles. The van der Waals surface area contributed by atoms with Gasteiger partial charge in [0, 0.05) is 17.7 Å². The van der Waals surface area contributed by atoms with Crippen molar-refractivity contribution in [1.29, 1.82) is 0 Å². The topological polar surface area (TPSA) is 59.6 Å². The Hall–Kier alpha value is -2.63. The molecule has 0 unspecified atom stereocenters. The maximum atomic E-state index is 12.9. The monoisotopic (exact) mass is 424 g/mol. The van der Waals surface area contributed by atoms with Crippen LogP contribution in [0.15, 0.2) is 53.1 Å². The SMILES string of the molecule is Cc1onc(-c2ccccc2Cl)c1C(=O)NCc1ccc(C[NH+]2CCCCC2)cc1. The number of nitrogens with one attached hydrogen (secondary N) is 2. The second-order valence-corrected chi connectivity index (χ2v) is 8.34. The van der Waals surface area contributed by atoms with Gasteiger partial charge < -0.3 is 14.7 Å². The number of hydrogen-bond donors (Lipinski definition) is 2. The molecule has 6 heteroatoms. The predicted octanol–water partition coefficient (Wildman–Crippen LogP) is 3.80. The number of rotatable bonds is 6. The van der Waals surface area contributed by atoms with Gasteiger partial charge in [0.15, 0.2) is 0 Å². The summed E-state index contributed by atoms with van der Waals surface area (Å²) in [5.41, 5.74) is 3.99. The van der Waals surface area contributed by atoms with Gasteiger partial charge >= 0.3 is 0 Å². The lowest BCUT2D eigenvalue weighted by molar-refractivity contribution is -0.918. The van der Waals surface area contributed by atoms with Crippen LogP contribution in [0, 0.1) is 6.92 Å². The number of hydrogen-bond acceptors (Lipinski definition) is 3. The molecular formula is C24H27ClN3O2+. The molecule has 2 heterocycles. The summed E-state index contributed by atoms with van der Waals surface area (Å²) in [5.74, 6) is 0.257. The maximum Gasteiger partial charge on any atom is 0.257 e. The zero-order chi connectivity index (χ0) is 20.9. The number of aromatic nitrogens is 1. The summed E-state index contributed by atoms with van der Waals surface area (Å²) in [6.07, 6.45) is 4.03. The summed E-state index contributed by atoms with van der Waals surface area (Å²) in [6.45, 7) is 5.79. The Morgan fingerprint density at radius 3 is 2.50 bits per heavy atom. The van der Waals surface area contributed by atoms with E-state index in [1.165, 1.54) is 37.9 Å². The first-order chi connectivity index (χ1) is 14.6. The Morgan fingerprint density at radius 1 is 1.07 bits per heavy atom. The largest absolute Gasteiger partial charge is 0.360 e. The van der Waals surface area contributed by atoms with Crippen molar-refractivity contribution in [2.75, 3.05) is 13.1 Å². The Labute approximate surface area is 182 Å². The normalized spacial score (nSPS) is 14.6. The van der Waals surface area contributed by atoms with Crippen LogP contribution in [0.2, 0.25) is 5.02 Å². The van der Waals surface area contributed by atoms with Crippen LogP contribution in [0.25, 0.3) is 11.3 Å². The minimum atomic E-state index is -0.217. The van der Waals surface area contributed by atoms with Crippen LogP contribution in [0.5, 0.6) is 0 Å². The van der Waals surface area contributed by atoms with Crippen molar-refractivity contribution >= 4 is 17.5 Å². The number of carbonyl (C=O) groups excluding carboxylic acids is 1. The van der Waals surface area contributed by atoms with E-state index in [4.69, 9.17) is 16.1 Å². The standard InChI is InChI=1S/C24H26ClN3O2/c1-17-22(23(27-30-17)20-7-3-4-8-21(20)25)24(29)26-15-18-9-11-19(12-10-18)16-28-13-5-2-6-14-28/h3-4,7-12H,2,5-6,13-16H2,1H3,(H,26,29)/p+1. The summed E-state index contributed by atoms with van der Waals surface area (Å²) in [7, 11) is 0. The fourth-order valence-electron chi connectivity index (χ4n) is 4.04. The molecule has 1 aliphatic heterocycles. The number of amides is 1. The Morgan fingerprint density at radius 2 is 1.77 bits per heavy atom. The minimum absolute atomic E-state index is 0.217. The number of aryl methyl sites for hydroxylation is 1. The summed E-state index contributed by atoms with van der Waals surface area (Å²) in [6, 6.07) is 15.8. The van der Waals surface area contributed by atoms with Crippen molar-refractivity contribution in [1.82, 2.24) is 10.5 Å². The van der Waals surface area contributed by atoms with Crippen molar-refractivity contribution in [2.45, 2.75) is 39.3 Å². The van der Waals surface area contributed by atoms with Crippen LogP contribution < -0.4 is 10.2 Å². The van der Waals surface area contributed by atoms with Crippen molar-refractivity contribution in [3.05, 3.63) is 76.0 Å². The molecule has 0 spiro atoms. The van der Waals surface area contributed by atoms with E-state index < -0.39 is 0 Å². The van der Waals surface area contributed by atoms with Crippen LogP contribution >= 0.6 is 11.6 Å². The first-order valence-electron chi connectivity index (χ1n) is 10.5. The molecule has 0 aliphatic carbocycles. The smallest absolute Gasteiger partial charge is 0.257 e. The quantitative estimate of drug-likeness (QED) is 0.632. The fraction of sp³-hybridized carbons (Fsp3) is 0.333. The van der Waals surface area contributed by atoms with Gasteiger partial charge in [0.05, 0.1) is 18.1 Å². The van der Waals surface area contributed by atoms with Crippen molar-refractivity contribution in [2.24, 2.45) is 0 Å². The van der Waals surface area contributed by atoms with Gasteiger partial charge in [-0.25, -0.2) is 0 Å². The van der Waals surface area contributed by atoms with Gasteiger partial charge in [-0.05, 0) is 37.8 Å². The number of benzene rings is 2. The van der Waals surface area contributed by atoms with E-state index in [0.29, 0.717) is 34.1 Å². The highest BCUT2D eigenvalue weighted by Gasteiger charge is 2.22. The highest BCUT2D eigenvalue weighted by atomic mass is 35.5. The molecule has 30 heavy (non-hydrogen) atoms. The highest BCUT2D eigenvalue weighted by Crippen LogP contribution is 2.30. The third kappa shape index (κ3) is 4.74. The molecule has 0 saturated carbocycles. The lowest BCUT2D eigenvalue weighted by atomic mass is 10.1. The highest BCUT2D eigenvalue weighted by molar-refractivity contribution is 6.33. The van der Waals surface area contributed by atoms with Crippen molar-refractivity contribution < 1.29 is 14.2 Å². The number of quaternary nitrogens is 1. The third-order valence-corrected chi connectivity index (χ3v) is 6.04. The van der Waals surface area contributed by atoms with E-state index in [1.54, 1.807) is 17.9 Å². The minimum Gasteiger partial charge on any atom is -0.360 e. The van der Waals surface area contributed by atoms with Crippen LogP contribution in [0.1, 0.15) is 46.5 Å². The molecule has 5 nitrogen and oxygen atoms in total. The number of carbonyl (C=O) groups is 1. The molecule has 1 aliphatic rings. The van der Waals surface area contributed by atoms with E-state index in [2.05, 4.69) is 34.7 Å². The van der Waals surface area contributed by atoms with Gasteiger partial charge in [-0.3, -0.25) is 4.79 Å². The van der Waals surface area contributed by atoms with Crippen LogP contribution in [-0.2, 0) is 13.1 Å². The van der Waals surface area contributed by atoms with Gasteiger partial charge in [0.1, 0.15) is 23.6 Å². The van der Waals surface area contributed by atoms with E-state index in [9.17, 15) is 4.79 Å². The number of halogens is 1. The van der Waals surface area contributed by atoms with E-state index in [0.717, 1.165) is 12.1 Å². The van der Waals surface area contributed by atoms with Gasteiger partial charge in [-0.2, -0.15) is 0 Å². The lowest BCUT2D eigenvalue weighted by Gasteiger charge is -2.23. The zero-order valence-electron chi connectivity index (χ0n) is 17.2. The summed E-state index contributed by atoms with van der Waals surface area (Å²) < 4.78 is 5.29. The molecule has 156 valence electrons. The second-order valence-electron chi connectivity index (χ2n) is 7.93. The zero-order valence-corrected chi connectivity index (χ0v) is 18.0. The fourth-order valence-corrected chi connectivity index (χ4v) is 4.26. The average molecular weight is 425 g/mol. The Balaban J connectivity index is 1.40. The molecule has 0 bridgehead atoms. The van der Waals surface area contributed by atoms with Crippen LogP contribution in [0.4, 0.5) is 0 Å². The van der Waals surface area contributed by atoms with E-state index in [-0.39, 0.29) is 5.91 Å².